The molecule has 170 valence electrons. The molecule has 2 aliphatic heterocycles. The van der Waals surface area contributed by atoms with Gasteiger partial charge in [0.15, 0.2) is 12.4 Å². The van der Waals surface area contributed by atoms with E-state index in [0.717, 1.165) is 36.6 Å². The van der Waals surface area contributed by atoms with Crippen LogP contribution in [0.1, 0.15) is 39.1 Å². The molecule has 1 unspecified atom stereocenters. The highest BCUT2D eigenvalue weighted by molar-refractivity contribution is 7.89. The molecule has 1 fully saturated rings. The normalized spacial score (nSPS) is 17.6. The number of fused-ring (bicyclic) bond motifs is 1. The molecule has 1 saturated heterocycles. The van der Waals surface area contributed by atoms with Crippen LogP contribution in [0.3, 0.4) is 0 Å². The van der Waals surface area contributed by atoms with Gasteiger partial charge in [0.2, 0.25) is 10.0 Å². The van der Waals surface area contributed by atoms with E-state index in [1.807, 2.05) is 0 Å². The number of hydrogen-bond donors (Lipinski definition) is 1. The van der Waals surface area contributed by atoms with Crippen LogP contribution in [0.25, 0.3) is 0 Å². The van der Waals surface area contributed by atoms with Crippen molar-refractivity contribution in [2.24, 2.45) is 0 Å². The van der Waals surface area contributed by atoms with Crippen molar-refractivity contribution in [1.29, 1.82) is 0 Å². The van der Waals surface area contributed by atoms with Gasteiger partial charge in [0.25, 0.3) is 0 Å². The zero-order valence-electron chi connectivity index (χ0n) is 17.1. The first-order chi connectivity index (χ1) is 15.3. The number of rotatable bonds is 8. The van der Waals surface area contributed by atoms with Crippen molar-refractivity contribution < 1.29 is 32.2 Å². The summed E-state index contributed by atoms with van der Waals surface area (Å²) in [5, 5.41) is -0.0298. The Morgan fingerprint density at radius 3 is 2.72 bits per heavy atom. The fourth-order valence-corrected chi connectivity index (χ4v) is 5.17. The third kappa shape index (κ3) is 5.12. The Balaban J connectivity index is 1.40. The van der Waals surface area contributed by atoms with E-state index in [1.165, 1.54) is 12.1 Å². The van der Waals surface area contributed by atoms with Crippen molar-refractivity contribution >= 4 is 33.4 Å². The van der Waals surface area contributed by atoms with Gasteiger partial charge >= 0.3 is 5.97 Å². The van der Waals surface area contributed by atoms with Gasteiger partial charge in [-0.2, -0.15) is 0 Å². The van der Waals surface area contributed by atoms with Crippen LogP contribution < -0.4 is 9.46 Å². The number of carbonyl (C=O) groups excluding carboxylic acids is 2. The molecular weight excluding hydrogens is 458 g/mol. The number of ether oxygens (including phenoxy) is 3. The number of halogens is 1. The lowest BCUT2D eigenvalue weighted by molar-refractivity contribution is 0.0474. The van der Waals surface area contributed by atoms with Gasteiger partial charge in [-0.05, 0) is 54.8 Å². The van der Waals surface area contributed by atoms with Crippen molar-refractivity contribution in [2.75, 3.05) is 26.4 Å². The molecule has 0 saturated carbocycles. The molecule has 2 aromatic carbocycles. The van der Waals surface area contributed by atoms with E-state index in [0.29, 0.717) is 18.8 Å². The smallest absolute Gasteiger partial charge is 0.338 e. The molecular formula is C22H22ClNO7S. The Morgan fingerprint density at radius 1 is 1.12 bits per heavy atom. The van der Waals surface area contributed by atoms with Gasteiger partial charge in [0, 0.05) is 25.1 Å². The van der Waals surface area contributed by atoms with Gasteiger partial charge < -0.3 is 14.2 Å². The summed E-state index contributed by atoms with van der Waals surface area (Å²) in [7, 11) is -3.96. The van der Waals surface area contributed by atoms with Gasteiger partial charge in [-0.1, -0.05) is 11.6 Å². The predicted octanol–water partition coefficient (Wildman–Crippen LogP) is 2.77. The lowest BCUT2D eigenvalue weighted by Gasteiger charge is -2.13. The quantitative estimate of drug-likeness (QED) is 0.458. The van der Waals surface area contributed by atoms with Crippen LogP contribution in [0.4, 0.5) is 0 Å². The summed E-state index contributed by atoms with van der Waals surface area (Å²) in [4.78, 5) is 24.6. The third-order valence-corrected chi connectivity index (χ3v) is 7.23. The van der Waals surface area contributed by atoms with E-state index < -0.39 is 22.6 Å². The summed E-state index contributed by atoms with van der Waals surface area (Å²) in [6.07, 6.45) is 2.19. The molecule has 0 amide bonds. The minimum atomic E-state index is -3.96. The van der Waals surface area contributed by atoms with Crippen LogP contribution in [0.15, 0.2) is 41.3 Å². The monoisotopic (exact) mass is 479 g/mol. The summed E-state index contributed by atoms with van der Waals surface area (Å²) < 4.78 is 43.7. The molecule has 0 aliphatic carbocycles. The third-order valence-electron chi connectivity index (χ3n) is 5.33. The number of sulfonamides is 1. The number of Topliss-reactive ketones (excluding diaryl/α,β-unsaturated/α-hetero) is 1. The van der Waals surface area contributed by atoms with E-state index in [2.05, 4.69) is 4.72 Å². The van der Waals surface area contributed by atoms with Crippen molar-refractivity contribution in [3.05, 3.63) is 58.1 Å². The molecule has 0 bridgehead atoms. The number of hydrogen-bond acceptors (Lipinski definition) is 7. The molecule has 2 heterocycles. The van der Waals surface area contributed by atoms with Crippen molar-refractivity contribution in [3.8, 4) is 5.75 Å². The summed E-state index contributed by atoms with van der Waals surface area (Å²) in [5.41, 5.74) is 1.33. The summed E-state index contributed by atoms with van der Waals surface area (Å²) >= 11 is 6.07. The summed E-state index contributed by atoms with van der Waals surface area (Å²) in [6, 6.07) is 8.86. The van der Waals surface area contributed by atoms with Gasteiger partial charge in [0.05, 0.1) is 23.3 Å². The van der Waals surface area contributed by atoms with Gasteiger partial charge in [-0.15, -0.1) is 0 Å². The molecule has 0 aromatic heterocycles. The van der Waals surface area contributed by atoms with Crippen LogP contribution in [0, 0.1) is 0 Å². The largest absolute Gasteiger partial charge is 0.493 e. The topological polar surface area (TPSA) is 108 Å². The molecule has 0 radical (unpaired) electrons. The predicted molar refractivity (Wildman–Crippen MR) is 116 cm³/mol. The second-order valence-electron chi connectivity index (χ2n) is 7.55. The standard InChI is InChI=1S/C22H22ClNO7S/c23-18-5-3-16(11-21(18)32(27,28)24-12-17-2-1-8-29-17)22(26)31-13-19(25)14-4-6-20-15(10-14)7-9-30-20/h3-6,10-11,17,24H,1-2,7-9,12-13H2. The van der Waals surface area contributed by atoms with Gasteiger partial charge in [-0.25, -0.2) is 17.9 Å². The Kier molecular flexibility index (Phi) is 6.80. The van der Waals surface area contributed by atoms with Gasteiger partial charge in [0.1, 0.15) is 10.6 Å². The van der Waals surface area contributed by atoms with E-state index >= 15 is 0 Å². The Morgan fingerprint density at radius 2 is 1.94 bits per heavy atom. The summed E-state index contributed by atoms with van der Waals surface area (Å²) in [5.74, 6) is -0.440. The Hall–Kier alpha value is -2.46. The highest BCUT2D eigenvalue weighted by Crippen LogP contribution is 2.26. The first kappa shape index (κ1) is 22.7. The van der Waals surface area contributed by atoms with E-state index in [1.54, 1.807) is 18.2 Å². The van der Waals surface area contributed by atoms with E-state index in [-0.39, 0.29) is 33.9 Å². The Bertz CT molecular complexity index is 1140. The molecule has 1 atom stereocenters. The molecule has 2 aliphatic rings. The van der Waals surface area contributed by atoms with E-state index in [4.69, 9.17) is 25.8 Å². The van der Waals surface area contributed by atoms with Crippen molar-refractivity contribution in [2.45, 2.75) is 30.3 Å². The van der Waals surface area contributed by atoms with Gasteiger partial charge in [-0.3, -0.25) is 4.79 Å². The fraction of sp³-hybridized carbons (Fsp3) is 0.364. The highest BCUT2D eigenvalue weighted by atomic mass is 35.5. The molecule has 8 nitrogen and oxygen atoms in total. The highest BCUT2D eigenvalue weighted by Gasteiger charge is 2.24. The fourth-order valence-electron chi connectivity index (χ4n) is 3.58. The van der Waals surface area contributed by atoms with E-state index in [9.17, 15) is 18.0 Å². The number of carbonyl (C=O) groups is 2. The lowest BCUT2D eigenvalue weighted by atomic mass is 10.1. The Labute approximate surface area is 190 Å². The molecule has 32 heavy (non-hydrogen) atoms. The zero-order valence-corrected chi connectivity index (χ0v) is 18.7. The van der Waals surface area contributed by atoms with Crippen LogP contribution in [-0.2, 0) is 25.9 Å². The maximum Gasteiger partial charge on any atom is 0.338 e. The average Bonchev–Trinajstić information content (AvgIpc) is 3.47. The SMILES string of the molecule is O=C(COC(=O)c1ccc(Cl)c(S(=O)(=O)NCC2CCCO2)c1)c1ccc2c(c1)CCO2. The summed E-state index contributed by atoms with van der Waals surface area (Å²) in [6.45, 7) is 0.826. The maximum absolute atomic E-state index is 12.7. The number of esters is 1. The second kappa shape index (κ2) is 9.58. The molecule has 1 N–H and O–H groups in total. The van der Waals surface area contributed by atoms with Crippen molar-refractivity contribution in [3.63, 3.8) is 0 Å². The van der Waals surface area contributed by atoms with Crippen LogP contribution in [0.2, 0.25) is 5.02 Å². The molecule has 4 rings (SSSR count). The second-order valence-corrected chi connectivity index (χ2v) is 9.69. The molecule has 0 spiro atoms. The number of benzene rings is 2. The lowest BCUT2D eigenvalue weighted by Crippen LogP contribution is -2.32. The number of ketones is 1. The number of nitrogens with one attached hydrogen (secondary N) is 1. The van der Waals surface area contributed by atoms with Crippen LogP contribution in [0.5, 0.6) is 5.75 Å². The zero-order chi connectivity index (χ0) is 22.7. The maximum atomic E-state index is 12.7. The molecule has 10 heteroatoms. The van der Waals surface area contributed by atoms with Crippen LogP contribution >= 0.6 is 11.6 Å². The molecule has 2 aromatic rings. The first-order valence-corrected chi connectivity index (χ1v) is 12.1. The minimum Gasteiger partial charge on any atom is -0.493 e. The minimum absolute atomic E-state index is 0.0259. The average molecular weight is 480 g/mol. The van der Waals surface area contributed by atoms with Crippen LogP contribution in [-0.4, -0.2) is 52.6 Å². The first-order valence-electron chi connectivity index (χ1n) is 10.2. The van der Waals surface area contributed by atoms with Crippen molar-refractivity contribution in [1.82, 2.24) is 4.72 Å².